The molecule has 3 nitrogen and oxygen atoms in total. The van der Waals surface area contributed by atoms with E-state index in [0.717, 1.165) is 12.8 Å². The molecule has 1 aromatic rings. The van der Waals surface area contributed by atoms with Crippen LogP contribution in [0.1, 0.15) is 37.0 Å². The molecule has 3 heteroatoms. The van der Waals surface area contributed by atoms with E-state index in [1.165, 1.54) is 0 Å². The average molecular weight is 222 g/mol. The highest BCUT2D eigenvalue weighted by atomic mass is 16.5. The van der Waals surface area contributed by atoms with Crippen molar-refractivity contribution in [3.8, 4) is 5.75 Å². The van der Waals surface area contributed by atoms with Crippen molar-refractivity contribution in [3.05, 3.63) is 29.8 Å². The SMILES string of the molecule is CCCCOc1ccccc1C(=O)OCC. The summed E-state index contributed by atoms with van der Waals surface area (Å²) < 4.78 is 10.5. The number of benzene rings is 1. The summed E-state index contributed by atoms with van der Waals surface area (Å²) in [5.41, 5.74) is 0.500. The van der Waals surface area contributed by atoms with E-state index in [-0.39, 0.29) is 5.97 Å². The second kappa shape index (κ2) is 6.88. The average Bonchev–Trinajstić information content (AvgIpc) is 2.30. The molecule has 0 spiro atoms. The highest BCUT2D eigenvalue weighted by Gasteiger charge is 2.12. The molecule has 0 heterocycles. The first-order chi connectivity index (χ1) is 7.79. The lowest BCUT2D eigenvalue weighted by atomic mass is 10.2. The van der Waals surface area contributed by atoms with E-state index in [1.807, 2.05) is 6.07 Å². The van der Waals surface area contributed by atoms with E-state index < -0.39 is 0 Å². The Morgan fingerprint density at radius 3 is 2.69 bits per heavy atom. The van der Waals surface area contributed by atoms with Crippen LogP contribution in [0.15, 0.2) is 24.3 Å². The van der Waals surface area contributed by atoms with Gasteiger partial charge in [0.1, 0.15) is 11.3 Å². The zero-order chi connectivity index (χ0) is 11.8. The molecule has 0 radical (unpaired) electrons. The Morgan fingerprint density at radius 2 is 2.00 bits per heavy atom. The fourth-order valence-electron chi connectivity index (χ4n) is 1.30. The number of esters is 1. The number of para-hydroxylation sites is 1. The normalized spacial score (nSPS) is 9.88. The van der Waals surface area contributed by atoms with Gasteiger partial charge >= 0.3 is 5.97 Å². The van der Waals surface area contributed by atoms with E-state index in [2.05, 4.69) is 6.92 Å². The van der Waals surface area contributed by atoms with Crippen molar-refractivity contribution < 1.29 is 14.3 Å². The quantitative estimate of drug-likeness (QED) is 0.548. The van der Waals surface area contributed by atoms with Crippen LogP contribution in [0.25, 0.3) is 0 Å². The lowest BCUT2D eigenvalue weighted by Crippen LogP contribution is -2.08. The molecule has 0 saturated heterocycles. The van der Waals surface area contributed by atoms with Gasteiger partial charge in [0.25, 0.3) is 0 Å². The van der Waals surface area contributed by atoms with Crippen LogP contribution < -0.4 is 4.74 Å². The highest BCUT2D eigenvalue weighted by molar-refractivity contribution is 5.92. The third kappa shape index (κ3) is 3.57. The van der Waals surface area contributed by atoms with Crippen LogP contribution in [0.4, 0.5) is 0 Å². The first-order valence-electron chi connectivity index (χ1n) is 5.68. The third-order valence-electron chi connectivity index (χ3n) is 2.14. The first-order valence-corrected chi connectivity index (χ1v) is 5.68. The molecule has 0 aliphatic heterocycles. The van der Waals surface area contributed by atoms with Crippen LogP contribution in [0.2, 0.25) is 0 Å². The van der Waals surface area contributed by atoms with Crippen molar-refractivity contribution >= 4 is 5.97 Å². The van der Waals surface area contributed by atoms with Gasteiger partial charge in [-0.25, -0.2) is 4.79 Å². The van der Waals surface area contributed by atoms with Crippen molar-refractivity contribution in [2.45, 2.75) is 26.7 Å². The molecule has 0 aromatic heterocycles. The van der Waals surface area contributed by atoms with Crippen LogP contribution in [0, 0.1) is 0 Å². The second-order valence-corrected chi connectivity index (χ2v) is 3.42. The Morgan fingerprint density at radius 1 is 1.25 bits per heavy atom. The minimum atomic E-state index is -0.324. The van der Waals surface area contributed by atoms with Crippen molar-refractivity contribution in [3.63, 3.8) is 0 Å². The fourth-order valence-corrected chi connectivity index (χ4v) is 1.30. The van der Waals surface area contributed by atoms with Gasteiger partial charge in [0.2, 0.25) is 0 Å². The summed E-state index contributed by atoms with van der Waals surface area (Å²) in [6.45, 7) is 4.90. The molecule has 0 aliphatic rings. The summed E-state index contributed by atoms with van der Waals surface area (Å²) >= 11 is 0. The van der Waals surface area contributed by atoms with Gasteiger partial charge in [-0.05, 0) is 25.5 Å². The predicted octanol–water partition coefficient (Wildman–Crippen LogP) is 3.04. The largest absolute Gasteiger partial charge is 0.493 e. The molecule has 0 saturated carbocycles. The molecular formula is C13H18O3. The smallest absolute Gasteiger partial charge is 0.341 e. The first kappa shape index (κ1) is 12.6. The Balaban J connectivity index is 2.71. The van der Waals surface area contributed by atoms with Gasteiger partial charge < -0.3 is 9.47 Å². The van der Waals surface area contributed by atoms with Crippen molar-refractivity contribution in [2.24, 2.45) is 0 Å². The van der Waals surface area contributed by atoms with Crippen LogP contribution >= 0.6 is 0 Å². The monoisotopic (exact) mass is 222 g/mol. The number of ether oxygens (including phenoxy) is 2. The highest BCUT2D eigenvalue weighted by Crippen LogP contribution is 2.19. The summed E-state index contributed by atoms with van der Waals surface area (Å²) in [5.74, 6) is 0.281. The Hall–Kier alpha value is -1.51. The molecule has 0 fully saturated rings. The maximum atomic E-state index is 11.6. The molecule has 0 amide bonds. The summed E-state index contributed by atoms with van der Waals surface area (Å²) in [4.78, 5) is 11.6. The number of rotatable bonds is 6. The standard InChI is InChI=1S/C13H18O3/c1-3-5-10-16-12-9-7-6-8-11(12)13(14)15-4-2/h6-9H,3-5,10H2,1-2H3. The number of hydrogen-bond acceptors (Lipinski definition) is 3. The van der Waals surface area contributed by atoms with Crippen LogP contribution in [0.5, 0.6) is 5.75 Å². The molecule has 1 rings (SSSR count). The predicted molar refractivity (Wildman–Crippen MR) is 62.8 cm³/mol. The number of unbranched alkanes of at least 4 members (excludes halogenated alkanes) is 1. The van der Waals surface area contributed by atoms with Gasteiger partial charge in [-0.15, -0.1) is 0 Å². The van der Waals surface area contributed by atoms with Gasteiger partial charge in [0.15, 0.2) is 0 Å². The van der Waals surface area contributed by atoms with Crippen LogP contribution in [-0.4, -0.2) is 19.2 Å². The molecule has 0 aliphatic carbocycles. The molecule has 16 heavy (non-hydrogen) atoms. The fraction of sp³-hybridized carbons (Fsp3) is 0.462. The summed E-state index contributed by atoms with van der Waals surface area (Å²) in [6.07, 6.45) is 2.05. The molecule has 0 unspecified atom stereocenters. The lowest BCUT2D eigenvalue weighted by molar-refractivity contribution is 0.0521. The Bertz CT molecular complexity index is 334. The molecule has 1 aromatic carbocycles. The van der Waals surface area contributed by atoms with E-state index in [9.17, 15) is 4.79 Å². The maximum absolute atomic E-state index is 11.6. The molecule has 0 N–H and O–H groups in total. The Kier molecular flexibility index (Phi) is 5.40. The van der Waals surface area contributed by atoms with Gasteiger partial charge in [0.05, 0.1) is 13.2 Å². The number of hydrogen-bond donors (Lipinski definition) is 0. The van der Waals surface area contributed by atoms with Crippen LogP contribution in [0.3, 0.4) is 0 Å². The molecule has 0 atom stereocenters. The third-order valence-corrected chi connectivity index (χ3v) is 2.14. The summed E-state index contributed by atoms with van der Waals surface area (Å²) in [5, 5.41) is 0. The van der Waals surface area contributed by atoms with Crippen molar-refractivity contribution in [2.75, 3.05) is 13.2 Å². The maximum Gasteiger partial charge on any atom is 0.341 e. The topological polar surface area (TPSA) is 35.5 Å². The zero-order valence-corrected chi connectivity index (χ0v) is 9.86. The van der Waals surface area contributed by atoms with E-state index in [1.54, 1.807) is 25.1 Å². The second-order valence-electron chi connectivity index (χ2n) is 3.42. The number of carbonyl (C=O) groups is 1. The van der Waals surface area contributed by atoms with E-state index in [0.29, 0.717) is 24.5 Å². The Labute approximate surface area is 96.4 Å². The van der Waals surface area contributed by atoms with E-state index in [4.69, 9.17) is 9.47 Å². The number of carbonyl (C=O) groups excluding carboxylic acids is 1. The van der Waals surface area contributed by atoms with Gasteiger partial charge in [0, 0.05) is 0 Å². The zero-order valence-electron chi connectivity index (χ0n) is 9.86. The summed E-state index contributed by atoms with van der Waals surface area (Å²) in [6, 6.07) is 7.17. The van der Waals surface area contributed by atoms with Crippen molar-refractivity contribution in [1.29, 1.82) is 0 Å². The molecule has 88 valence electrons. The summed E-state index contributed by atoms with van der Waals surface area (Å²) in [7, 11) is 0. The minimum absolute atomic E-state index is 0.324. The molecular weight excluding hydrogens is 204 g/mol. The van der Waals surface area contributed by atoms with Gasteiger partial charge in [-0.1, -0.05) is 25.5 Å². The minimum Gasteiger partial charge on any atom is -0.493 e. The molecule has 0 bridgehead atoms. The van der Waals surface area contributed by atoms with Gasteiger partial charge in [-0.3, -0.25) is 0 Å². The van der Waals surface area contributed by atoms with E-state index >= 15 is 0 Å². The van der Waals surface area contributed by atoms with Crippen molar-refractivity contribution in [1.82, 2.24) is 0 Å². The van der Waals surface area contributed by atoms with Crippen LogP contribution in [-0.2, 0) is 4.74 Å². The van der Waals surface area contributed by atoms with Gasteiger partial charge in [-0.2, -0.15) is 0 Å². The lowest BCUT2D eigenvalue weighted by Gasteiger charge is -2.09.